The van der Waals surface area contributed by atoms with Crippen LogP contribution in [0.25, 0.3) is 0 Å². The molecule has 2 N–H and O–H groups in total. The van der Waals surface area contributed by atoms with Gasteiger partial charge < -0.3 is 20.1 Å². The molecule has 0 spiro atoms. The van der Waals surface area contributed by atoms with Gasteiger partial charge in [-0.05, 0) is 44.4 Å². The van der Waals surface area contributed by atoms with E-state index in [0.29, 0.717) is 12.1 Å². The summed E-state index contributed by atoms with van der Waals surface area (Å²) < 4.78 is 15.0. The quantitative estimate of drug-likeness (QED) is 0.719. The van der Waals surface area contributed by atoms with Crippen LogP contribution in [0, 0.1) is 5.82 Å². The minimum Gasteiger partial charge on any atom is -0.351 e. The fraction of sp³-hybridized carbons (Fsp3) is 0.478. The van der Waals surface area contributed by atoms with Crippen LogP contribution in [0.15, 0.2) is 30.6 Å². The average molecular weight is 442 g/mol. The van der Waals surface area contributed by atoms with E-state index < -0.39 is 17.4 Å². The Balaban J connectivity index is 1.54. The molecule has 1 saturated carbocycles. The van der Waals surface area contributed by atoms with Crippen molar-refractivity contribution in [3.63, 3.8) is 0 Å². The van der Waals surface area contributed by atoms with Crippen LogP contribution in [0.4, 0.5) is 4.39 Å². The van der Waals surface area contributed by atoms with E-state index in [9.17, 15) is 18.8 Å². The molecule has 2 heterocycles. The number of nitrogens with zero attached hydrogens (tertiary/aromatic N) is 3. The second-order valence-corrected chi connectivity index (χ2v) is 8.66. The number of rotatable bonds is 6. The predicted octanol–water partition coefficient (Wildman–Crippen LogP) is 2.25. The number of imidazole rings is 1. The van der Waals surface area contributed by atoms with Gasteiger partial charge in [0.25, 0.3) is 11.8 Å². The predicted molar refractivity (Wildman–Crippen MR) is 115 cm³/mol. The van der Waals surface area contributed by atoms with Crippen molar-refractivity contribution in [1.29, 1.82) is 0 Å². The van der Waals surface area contributed by atoms with Crippen LogP contribution >= 0.6 is 0 Å². The first-order valence-electron chi connectivity index (χ1n) is 11.0. The van der Waals surface area contributed by atoms with Gasteiger partial charge >= 0.3 is 0 Å². The highest BCUT2D eigenvalue weighted by Crippen LogP contribution is 2.29. The summed E-state index contributed by atoms with van der Waals surface area (Å²) in [5.41, 5.74) is -0.306. The second kappa shape index (κ2) is 8.72. The number of hydrogen-bond acceptors (Lipinski definition) is 4. The summed E-state index contributed by atoms with van der Waals surface area (Å²) in [5.74, 6) is -1.50. The normalized spacial score (nSPS) is 20.8. The molecule has 32 heavy (non-hydrogen) atoms. The van der Waals surface area contributed by atoms with Gasteiger partial charge in [-0.1, -0.05) is 25.0 Å². The number of nitrogens with one attached hydrogen (secondary N) is 2. The topological polar surface area (TPSA) is 96.3 Å². The summed E-state index contributed by atoms with van der Waals surface area (Å²) in [6.07, 6.45) is 5.52. The van der Waals surface area contributed by atoms with E-state index in [1.54, 1.807) is 23.6 Å². The molecule has 1 aromatic heterocycles. The van der Waals surface area contributed by atoms with Crippen molar-refractivity contribution in [2.75, 3.05) is 6.54 Å². The van der Waals surface area contributed by atoms with Crippen LogP contribution in [-0.4, -0.2) is 50.3 Å². The zero-order valence-electron chi connectivity index (χ0n) is 18.4. The smallest absolute Gasteiger partial charge is 0.273 e. The maximum absolute atomic E-state index is 13.4. The Kier molecular flexibility index (Phi) is 5.99. The first kappa shape index (κ1) is 22.0. The third-order valence-corrected chi connectivity index (χ3v) is 6.41. The number of aromatic nitrogens is 2. The molecule has 9 heteroatoms. The number of fused-ring (bicyclic) bond motifs is 1. The SMILES string of the molecule is CCN1C(=O)c2c(C(=O)NCc3cccc(F)c3)ncn2CC1(C)C(=O)NC1CCCC1. The van der Waals surface area contributed by atoms with Crippen molar-refractivity contribution in [2.45, 2.75) is 64.2 Å². The van der Waals surface area contributed by atoms with E-state index in [4.69, 9.17) is 0 Å². The highest BCUT2D eigenvalue weighted by molar-refractivity contribution is 6.07. The summed E-state index contributed by atoms with van der Waals surface area (Å²) in [5, 5.41) is 5.79. The lowest BCUT2D eigenvalue weighted by atomic mass is 9.94. The van der Waals surface area contributed by atoms with Crippen LogP contribution in [0.3, 0.4) is 0 Å². The molecule has 3 amide bonds. The van der Waals surface area contributed by atoms with Gasteiger partial charge in [0, 0.05) is 19.1 Å². The molecule has 1 fully saturated rings. The Labute approximate surface area is 186 Å². The zero-order chi connectivity index (χ0) is 22.9. The van der Waals surface area contributed by atoms with Crippen molar-refractivity contribution in [1.82, 2.24) is 25.1 Å². The molecular formula is C23H28FN5O3. The third-order valence-electron chi connectivity index (χ3n) is 6.41. The first-order chi connectivity index (χ1) is 15.3. The maximum atomic E-state index is 13.4. The van der Waals surface area contributed by atoms with Crippen molar-refractivity contribution < 1.29 is 18.8 Å². The molecule has 0 radical (unpaired) electrons. The summed E-state index contributed by atoms with van der Waals surface area (Å²) in [6.45, 7) is 4.21. The number of amides is 3. The largest absolute Gasteiger partial charge is 0.351 e. The molecule has 170 valence electrons. The first-order valence-corrected chi connectivity index (χ1v) is 11.0. The molecular weight excluding hydrogens is 413 g/mol. The van der Waals surface area contributed by atoms with E-state index >= 15 is 0 Å². The van der Waals surface area contributed by atoms with Crippen molar-refractivity contribution in [3.8, 4) is 0 Å². The molecule has 1 unspecified atom stereocenters. The number of halogens is 1. The van der Waals surface area contributed by atoms with Gasteiger partial charge in [-0.2, -0.15) is 0 Å². The Morgan fingerprint density at radius 3 is 2.72 bits per heavy atom. The maximum Gasteiger partial charge on any atom is 0.273 e. The highest BCUT2D eigenvalue weighted by atomic mass is 19.1. The number of benzene rings is 1. The fourth-order valence-electron chi connectivity index (χ4n) is 4.67. The van der Waals surface area contributed by atoms with Crippen LogP contribution in [0.2, 0.25) is 0 Å². The van der Waals surface area contributed by atoms with Gasteiger partial charge in [0.1, 0.15) is 17.1 Å². The Hall–Kier alpha value is -3.23. The van der Waals surface area contributed by atoms with Gasteiger partial charge in [0.05, 0.1) is 12.9 Å². The molecule has 2 aliphatic rings. The molecule has 8 nitrogen and oxygen atoms in total. The van der Waals surface area contributed by atoms with E-state index in [2.05, 4.69) is 15.6 Å². The molecule has 0 saturated heterocycles. The Bertz CT molecular complexity index is 1050. The fourth-order valence-corrected chi connectivity index (χ4v) is 4.67. The average Bonchev–Trinajstić information content (AvgIpc) is 3.42. The van der Waals surface area contributed by atoms with Crippen molar-refractivity contribution in [2.24, 2.45) is 0 Å². The standard InChI is InChI=1S/C23H28FN5O3/c1-3-29-21(31)19-18(20(30)25-12-15-7-6-8-16(24)11-15)26-14-28(19)13-23(29,2)22(32)27-17-9-4-5-10-17/h6-8,11,14,17H,3-5,9-10,12-13H2,1-2H3,(H,25,30)(H,27,32). The Morgan fingerprint density at radius 2 is 2.03 bits per heavy atom. The molecule has 1 atom stereocenters. The van der Waals surface area contributed by atoms with E-state index in [0.717, 1.165) is 25.7 Å². The van der Waals surface area contributed by atoms with Crippen molar-refractivity contribution in [3.05, 3.63) is 53.4 Å². The van der Waals surface area contributed by atoms with Gasteiger partial charge in [0.15, 0.2) is 5.69 Å². The lowest BCUT2D eigenvalue weighted by Crippen LogP contribution is -2.64. The van der Waals surface area contributed by atoms with Gasteiger partial charge in [-0.3, -0.25) is 14.4 Å². The van der Waals surface area contributed by atoms with Crippen LogP contribution in [-0.2, 0) is 17.9 Å². The molecule has 1 aromatic carbocycles. The minimum absolute atomic E-state index is 0.00287. The molecule has 1 aliphatic heterocycles. The van der Waals surface area contributed by atoms with E-state index in [-0.39, 0.29) is 42.2 Å². The Morgan fingerprint density at radius 1 is 1.28 bits per heavy atom. The van der Waals surface area contributed by atoms with Crippen LogP contribution in [0.1, 0.15) is 66.1 Å². The van der Waals surface area contributed by atoms with E-state index in [1.165, 1.54) is 23.4 Å². The monoisotopic (exact) mass is 441 g/mol. The molecule has 1 aliphatic carbocycles. The molecule has 2 aromatic rings. The van der Waals surface area contributed by atoms with Crippen LogP contribution in [0.5, 0.6) is 0 Å². The summed E-state index contributed by atoms with van der Waals surface area (Å²) >= 11 is 0. The lowest BCUT2D eigenvalue weighted by Gasteiger charge is -2.43. The van der Waals surface area contributed by atoms with Crippen LogP contribution < -0.4 is 10.6 Å². The zero-order valence-corrected chi connectivity index (χ0v) is 18.4. The number of carbonyl (C=O) groups excluding carboxylic acids is 3. The number of hydrogen-bond donors (Lipinski definition) is 2. The minimum atomic E-state index is -1.07. The molecule has 4 rings (SSSR count). The van der Waals surface area contributed by atoms with E-state index in [1.807, 2.05) is 6.92 Å². The number of carbonyl (C=O) groups is 3. The molecule has 0 bridgehead atoms. The highest BCUT2D eigenvalue weighted by Gasteiger charge is 2.48. The summed E-state index contributed by atoms with van der Waals surface area (Å²) in [7, 11) is 0. The van der Waals surface area contributed by atoms with Crippen molar-refractivity contribution >= 4 is 17.7 Å². The van der Waals surface area contributed by atoms with Gasteiger partial charge in [-0.15, -0.1) is 0 Å². The summed E-state index contributed by atoms with van der Waals surface area (Å²) in [6, 6.07) is 6.07. The number of likely N-dealkylation sites (N-methyl/N-ethyl adjacent to an activating group) is 1. The van der Waals surface area contributed by atoms with Gasteiger partial charge in [-0.25, -0.2) is 9.37 Å². The second-order valence-electron chi connectivity index (χ2n) is 8.66. The summed E-state index contributed by atoms with van der Waals surface area (Å²) in [4.78, 5) is 45.0. The third kappa shape index (κ3) is 3.99. The lowest BCUT2D eigenvalue weighted by molar-refractivity contribution is -0.133. The van der Waals surface area contributed by atoms with Gasteiger partial charge in [0.2, 0.25) is 5.91 Å².